The van der Waals surface area contributed by atoms with E-state index in [1.807, 2.05) is 0 Å². The first-order valence-corrected chi connectivity index (χ1v) is 8.32. The highest BCUT2D eigenvalue weighted by atomic mass is 16.1. The fraction of sp³-hybridized carbons (Fsp3) is 0.611. The number of rotatable bonds is 6. The van der Waals surface area contributed by atoms with Gasteiger partial charge in [0.15, 0.2) is 0 Å². The third-order valence-corrected chi connectivity index (χ3v) is 4.29. The van der Waals surface area contributed by atoms with Gasteiger partial charge in [0.2, 0.25) is 5.91 Å². The molecule has 1 amide bonds. The van der Waals surface area contributed by atoms with Crippen molar-refractivity contribution in [3.8, 4) is 0 Å². The summed E-state index contributed by atoms with van der Waals surface area (Å²) in [7, 11) is 0. The Morgan fingerprint density at radius 2 is 1.86 bits per heavy atom. The molecule has 1 aromatic carbocycles. The van der Waals surface area contributed by atoms with Gasteiger partial charge in [-0.25, -0.2) is 0 Å². The van der Waals surface area contributed by atoms with Gasteiger partial charge in [-0.3, -0.25) is 14.6 Å². The van der Waals surface area contributed by atoms with Gasteiger partial charge in [-0.2, -0.15) is 0 Å². The molecule has 1 aliphatic heterocycles. The lowest BCUT2D eigenvalue weighted by Gasteiger charge is -2.34. The molecular weight excluding hydrogens is 274 g/mol. The summed E-state index contributed by atoms with van der Waals surface area (Å²) in [6, 6.07) is 8.96. The van der Waals surface area contributed by atoms with Gasteiger partial charge in [0.25, 0.3) is 0 Å². The Labute approximate surface area is 134 Å². The van der Waals surface area contributed by atoms with Crippen molar-refractivity contribution in [2.45, 2.75) is 33.2 Å². The molecule has 4 nitrogen and oxygen atoms in total. The molecule has 4 heteroatoms. The maximum Gasteiger partial charge on any atom is 0.216 e. The summed E-state index contributed by atoms with van der Waals surface area (Å²) in [5.74, 6) is 0.647. The minimum atomic E-state index is 0.0590. The van der Waals surface area contributed by atoms with Crippen LogP contribution in [0.1, 0.15) is 37.8 Å². The standard InChI is InChI=1S/C18H29N3O/c1-15(2)18-6-4-5-17(13-18)14-21-11-9-20(10-12-21)8-7-19-16(3)22/h4-6,13,15H,7-12,14H2,1-3H3,(H,19,22). The quantitative estimate of drug-likeness (QED) is 0.874. The third-order valence-electron chi connectivity index (χ3n) is 4.29. The molecule has 0 spiro atoms. The lowest BCUT2D eigenvalue weighted by molar-refractivity contribution is -0.119. The van der Waals surface area contributed by atoms with Crippen LogP contribution in [0, 0.1) is 0 Å². The number of hydrogen-bond donors (Lipinski definition) is 1. The molecule has 1 aliphatic rings. The van der Waals surface area contributed by atoms with Crippen LogP contribution in [0.2, 0.25) is 0 Å². The summed E-state index contributed by atoms with van der Waals surface area (Å²) in [5.41, 5.74) is 2.84. The number of hydrogen-bond acceptors (Lipinski definition) is 3. The molecule has 1 aromatic rings. The van der Waals surface area contributed by atoms with E-state index < -0.39 is 0 Å². The van der Waals surface area contributed by atoms with E-state index in [1.165, 1.54) is 11.1 Å². The van der Waals surface area contributed by atoms with Crippen LogP contribution in [-0.2, 0) is 11.3 Å². The predicted octanol–water partition coefficient (Wildman–Crippen LogP) is 2.06. The van der Waals surface area contributed by atoms with Crippen molar-refractivity contribution >= 4 is 5.91 Å². The molecule has 1 N–H and O–H groups in total. The van der Waals surface area contributed by atoms with Crippen LogP contribution < -0.4 is 5.32 Å². The zero-order valence-electron chi connectivity index (χ0n) is 14.1. The first-order chi connectivity index (χ1) is 10.5. The van der Waals surface area contributed by atoms with Crippen molar-refractivity contribution in [2.24, 2.45) is 0 Å². The Kier molecular flexibility index (Phi) is 6.40. The summed E-state index contributed by atoms with van der Waals surface area (Å²) in [6.45, 7) is 13.2. The maximum absolute atomic E-state index is 10.9. The van der Waals surface area contributed by atoms with E-state index in [2.05, 4.69) is 53.2 Å². The summed E-state index contributed by atoms with van der Waals surface area (Å²) in [5, 5.41) is 2.87. The van der Waals surface area contributed by atoms with Crippen molar-refractivity contribution in [3.63, 3.8) is 0 Å². The minimum absolute atomic E-state index is 0.0590. The predicted molar refractivity (Wildman–Crippen MR) is 90.9 cm³/mol. The molecule has 0 radical (unpaired) electrons. The van der Waals surface area contributed by atoms with E-state index in [9.17, 15) is 4.79 Å². The average molecular weight is 303 g/mol. The summed E-state index contributed by atoms with van der Waals surface area (Å²) in [6.07, 6.45) is 0. The first-order valence-electron chi connectivity index (χ1n) is 8.32. The van der Waals surface area contributed by atoms with Gasteiger partial charge in [0.1, 0.15) is 0 Å². The monoisotopic (exact) mass is 303 g/mol. The molecule has 122 valence electrons. The Balaban J connectivity index is 1.75. The molecule has 0 aliphatic carbocycles. The highest BCUT2D eigenvalue weighted by molar-refractivity contribution is 5.72. The molecule has 1 saturated heterocycles. The van der Waals surface area contributed by atoms with Gasteiger partial charge in [-0.05, 0) is 17.0 Å². The van der Waals surface area contributed by atoms with Gasteiger partial charge in [-0.1, -0.05) is 38.1 Å². The van der Waals surface area contributed by atoms with Gasteiger partial charge < -0.3 is 5.32 Å². The summed E-state index contributed by atoms with van der Waals surface area (Å²) in [4.78, 5) is 15.8. The molecular formula is C18H29N3O. The van der Waals surface area contributed by atoms with Crippen molar-refractivity contribution in [1.82, 2.24) is 15.1 Å². The topological polar surface area (TPSA) is 35.6 Å². The number of carbonyl (C=O) groups excluding carboxylic acids is 1. The van der Waals surface area contributed by atoms with E-state index in [1.54, 1.807) is 6.92 Å². The number of piperazine rings is 1. The number of benzene rings is 1. The van der Waals surface area contributed by atoms with Crippen LogP contribution in [0.25, 0.3) is 0 Å². The van der Waals surface area contributed by atoms with Crippen molar-refractivity contribution in [2.75, 3.05) is 39.3 Å². The Bertz CT molecular complexity index is 479. The van der Waals surface area contributed by atoms with E-state index in [0.29, 0.717) is 5.92 Å². The SMILES string of the molecule is CC(=O)NCCN1CCN(Cc2cccc(C(C)C)c2)CC1. The summed E-state index contributed by atoms with van der Waals surface area (Å²) < 4.78 is 0. The van der Waals surface area contributed by atoms with Gasteiger partial charge >= 0.3 is 0 Å². The highest BCUT2D eigenvalue weighted by Gasteiger charge is 2.16. The largest absolute Gasteiger partial charge is 0.355 e. The van der Waals surface area contributed by atoms with E-state index >= 15 is 0 Å². The first kappa shape index (κ1) is 17.0. The second-order valence-corrected chi connectivity index (χ2v) is 6.50. The smallest absolute Gasteiger partial charge is 0.216 e. The molecule has 0 bridgehead atoms. The van der Waals surface area contributed by atoms with Crippen LogP contribution in [0.15, 0.2) is 24.3 Å². The van der Waals surface area contributed by atoms with Crippen LogP contribution >= 0.6 is 0 Å². The molecule has 1 fully saturated rings. The lowest BCUT2D eigenvalue weighted by atomic mass is 10.0. The average Bonchev–Trinajstić information content (AvgIpc) is 2.49. The fourth-order valence-corrected chi connectivity index (χ4v) is 2.87. The van der Waals surface area contributed by atoms with Crippen molar-refractivity contribution in [1.29, 1.82) is 0 Å². The number of carbonyl (C=O) groups is 1. The van der Waals surface area contributed by atoms with Gasteiger partial charge in [0.05, 0.1) is 0 Å². The second kappa shape index (κ2) is 8.30. The molecule has 0 aromatic heterocycles. The maximum atomic E-state index is 10.9. The van der Waals surface area contributed by atoms with E-state index in [-0.39, 0.29) is 5.91 Å². The van der Waals surface area contributed by atoms with E-state index in [0.717, 1.165) is 45.8 Å². The number of amides is 1. The molecule has 0 unspecified atom stereocenters. The van der Waals surface area contributed by atoms with Gasteiger partial charge in [-0.15, -0.1) is 0 Å². The van der Waals surface area contributed by atoms with E-state index in [4.69, 9.17) is 0 Å². The highest BCUT2D eigenvalue weighted by Crippen LogP contribution is 2.17. The Hall–Kier alpha value is -1.39. The normalized spacial score (nSPS) is 16.9. The molecule has 22 heavy (non-hydrogen) atoms. The Morgan fingerprint density at radius 3 is 2.50 bits per heavy atom. The summed E-state index contributed by atoms with van der Waals surface area (Å²) >= 11 is 0. The zero-order chi connectivity index (χ0) is 15.9. The van der Waals surface area contributed by atoms with Crippen molar-refractivity contribution < 1.29 is 4.79 Å². The lowest BCUT2D eigenvalue weighted by Crippen LogP contribution is -2.47. The van der Waals surface area contributed by atoms with Crippen molar-refractivity contribution in [3.05, 3.63) is 35.4 Å². The minimum Gasteiger partial charge on any atom is -0.355 e. The zero-order valence-corrected chi connectivity index (χ0v) is 14.1. The number of nitrogens with zero attached hydrogens (tertiary/aromatic N) is 2. The molecule has 0 atom stereocenters. The molecule has 2 rings (SSSR count). The second-order valence-electron chi connectivity index (χ2n) is 6.50. The van der Waals surface area contributed by atoms with Crippen LogP contribution in [0.5, 0.6) is 0 Å². The molecule has 1 heterocycles. The van der Waals surface area contributed by atoms with Crippen LogP contribution in [0.3, 0.4) is 0 Å². The van der Waals surface area contributed by atoms with Gasteiger partial charge in [0, 0.05) is 52.7 Å². The van der Waals surface area contributed by atoms with Crippen LogP contribution in [0.4, 0.5) is 0 Å². The molecule has 0 saturated carbocycles. The Morgan fingerprint density at radius 1 is 1.18 bits per heavy atom. The fourth-order valence-electron chi connectivity index (χ4n) is 2.87. The third kappa shape index (κ3) is 5.43. The number of nitrogens with one attached hydrogen (secondary N) is 1. The van der Waals surface area contributed by atoms with Crippen LogP contribution in [-0.4, -0.2) is 55.0 Å².